The number of unbranched alkanes of at least 4 members (excludes halogenated alkanes) is 1. The van der Waals surface area contributed by atoms with Gasteiger partial charge in [0.2, 0.25) is 0 Å². The molecule has 7 nitrogen and oxygen atoms in total. The normalized spacial score (nSPS) is 9.50. The van der Waals surface area contributed by atoms with Crippen LogP contribution in [0.15, 0.2) is 23.3 Å². The lowest BCUT2D eigenvalue weighted by molar-refractivity contribution is 0.0952. The summed E-state index contributed by atoms with van der Waals surface area (Å²) in [6, 6.07) is 5.01. The maximum absolute atomic E-state index is 12.0. The van der Waals surface area contributed by atoms with Crippen LogP contribution in [0.25, 0.3) is 10.4 Å². The lowest BCUT2D eigenvalue weighted by atomic mass is 10.2. The summed E-state index contributed by atoms with van der Waals surface area (Å²) in [5.74, 6) is 0.946. The minimum Gasteiger partial charge on any atom is -0.497 e. The molecule has 1 rings (SSSR count). The smallest absolute Gasteiger partial charge is 0.251 e. The molecule has 0 fully saturated rings. The van der Waals surface area contributed by atoms with Gasteiger partial charge in [0.1, 0.15) is 11.5 Å². The predicted molar refractivity (Wildman–Crippen MR) is 75.1 cm³/mol. The Kier molecular flexibility index (Phi) is 6.78. The summed E-state index contributed by atoms with van der Waals surface area (Å²) < 4.78 is 10.2. The van der Waals surface area contributed by atoms with Crippen molar-refractivity contribution in [2.75, 3.05) is 27.3 Å². The van der Waals surface area contributed by atoms with Gasteiger partial charge in [-0.15, -0.1) is 0 Å². The molecule has 0 aliphatic carbocycles. The van der Waals surface area contributed by atoms with Gasteiger partial charge in [0.05, 0.1) is 14.2 Å². The highest BCUT2D eigenvalue weighted by Crippen LogP contribution is 2.22. The summed E-state index contributed by atoms with van der Waals surface area (Å²) in [6.07, 6.45) is 1.50. The first kappa shape index (κ1) is 15.7. The van der Waals surface area contributed by atoms with Crippen LogP contribution in [0.4, 0.5) is 0 Å². The number of carbonyl (C=O) groups is 1. The highest BCUT2D eigenvalue weighted by atomic mass is 16.5. The van der Waals surface area contributed by atoms with E-state index in [4.69, 9.17) is 15.0 Å². The summed E-state index contributed by atoms with van der Waals surface area (Å²) >= 11 is 0. The van der Waals surface area contributed by atoms with Gasteiger partial charge >= 0.3 is 0 Å². The van der Waals surface area contributed by atoms with Crippen molar-refractivity contribution in [3.8, 4) is 11.5 Å². The first-order valence-corrected chi connectivity index (χ1v) is 6.23. The molecule has 7 heteroatoms. The largest absolute Gasteiger partial charge is 0.497 e. The molecule has 0 saturated carbocycles. The topological polar surface area (TPSA) is 96.3 Å². The molecule has 0 aliphatic rings. The lowest BCUT2D eigenvalue weighted by Crippen LogP contribution is -2.24. The van der Waals surface area contributed by atoms with Gasteiger partial charge in [-0.2, -0.15) is 0 Å². The van der Waals surface area contributed by atoms with Crippen LogP contribution in [0.5, 0.6) is 11.5 Å². The van der Waals surface area contributed by atoms with Crippen LogP contribution in [-0.2, 0) is 0 Å². The predicted octanol–water partition coefficient (Wildman–Crippen LogP) is 2.52. The third-order valence-corrected chi connectivity index (χ3v) is 2.65. The van der Waals surface area contributed by atoms with E-state index >= 15 is 0 Å². The van der Waals surface area contributed by atoms with E-state index in [2.05, 4.69) is 15.3 Å². The molecule has 0 bridgehead atoms. The Bertz CT molecular complexity index is 476. The summed E-state index contributed by atoms with van der Waals surface area (Å²) in [6.45, 7) is 0.971. The number of nitrogens with one attached hydrogen (secondary N) is 1. The third kappa shape index (κ3) is 5.07. The molecule has 0 spiro atoms. The number of azide groups is 1. The number of nitrogens with zero attached hydrogens (tertiary/aromatic N) is 3. The molecule has 1 N–H and O–H groups in total. The zero-order valence-electron chi connectivity index (χ0n) is 11.6. The molecule has 0 aromatic heterocycles. The zero-order valence-corrected chi connectivity index (χ0v) is 11.6. The number of methoxy groups -OCH3 is 2. The number of carbonyl (C=O) groups excluding carboxylic acids is 1. The van der Waals surface area contributed by atoms with Crippen LogP contribution in [0.3, 0.4) is 0 Å². The van der Waals surface area contributed by atoms with E-state index in [1.54, 1.807) is 18.2 Å². The molecular weight excluding hydrogens is 260 g/mol. The van der Waals surface area contributed by atoms with Gasteiger partial charge in [0.25, 0.3) is 5.91 Å². The third-order valence-electron chi connectivity index (χ3n) is 2.65. The number of hydrogen-bond acceptors (Lipinski definition) is 4. The average molecular weight is 278 g/mol. The van der Waals surface area contributed by atoms with E-state index < -0.39 is 0 Å². The molecule has 0 radical (unpaired) electrons. The second kappa shape index (κ2) is 8.66. The summed E-state index contributed by atoms with van der Waals surface area (Å²) in [5.41, 5.74) is 8.61. The van der Waals surface area contributed by atoms with Gasteiger partial charge in [-0.25, -0.2) is 0 Å². The number of hydrogen-bond donors (Lipinski definition) is 1. The van der Waals surface area contributed by atoms with Crippen molar-refractivity contribution >= 4 is 5.91 Å². The Balaban J connectivity index is 2.52. The van der Waals surface area contributed by atoms with Crippen LogP contribution in [0, 0.1) is 0 Å². The summed E-state index contributed by atoms with van der Waals surface area (Å²) in [5, 5.41) is 6.22. The number of ether oxygens (including phenoxy) is 2. The fraction of sp³-hybridized carbons (Fsp3) is 0.462. The van der Waals surface area contributed by atoms with Crippen LogP contribution in [-0.4, -0.2) is 33.2 Å². The molecule has 0 unspecified atom stereocenters. The highest BCUT2D eigenvalue weighted by Gasteiger charge is 2.09. The van der Waals surface area contributed by atoms with Crippen LogP contribution in [0.2, 0.25) is 0 Å². The maximum Gasteiger partial charge on any atom is 0.251 e. The van der Waals surface area contributed by atoms with Crippen molar-refractivity contribution in [2.45, 2.75) is 12.8 Å². The monoisotopic (exact) mass is 278 g/mol. The zero-order chi connectivity index (χ0) is 14.8. The fourth-order valence-electron chi connectivity index (χ4n) is 1.59. The quantitative estimate of drug-likeness (QED) is 0.342. The van der Waals surface area contributed by atoms with Gasteiger partial charge in [-0.05, 0) is 30.5 Å². The fourth-order valence-corrected chi connectivity index (χ4v) is 1.59. The molecule has 1 aromatic carbocycles. The highest BCUT2D eigenvalue weighted by molar-refractivity contribution is 5.95. The number of amides is 1. The SMILES string of the molecule is COc1cc(OC)cc(C(=O)NCCCCN=[N+]=[N-])c1. The Hall–Kier alpha value is -2.40. The maximum atomic E-state index is 12.0. The van der Waals surface area contributed by atoms with Crippen molar-refractivity contribution in [3.05, 3.63) is 34.2 Å². The van der Waals surface area contributed by atoms with Gasteiger partial charge in [0.15, 0.2) is 0 Å². The van der Waals surface area contributed by atoms with Crippen molar-refractivity contribution in [3.63, 3.8) is 0 Å². The van der Waals surface area contributed by atoms with Gasteiger partial charge in [-0.1, -0.05) is 5.11 Å². The van der Waals surface area contributed by atoms with Crippen molar-refractivity contribution in [1.29, 1.82) is 0 Å². The van der Waals surface area contributed by atoms with Crippen molar-refractivity contribution < 1.29 is 14.3 Å². The molecule has 0 saturated heterocycles. The summed E-state index contributed by atoms with van der Waals surface area (Å²) in [7, 11) is 3.07. The molecule has 1 amide bonds. The Labute approximate surface area is 117 Å². The van der Waals surface area contributed by atoms with E-state index in [9.17, 15) is 4.79 Å². The second-order valence-electron chi connectivity index (χ2n) is 4.02. The average Bonchev–Trinajstić information content (AvgIpc) is 2.49. The molecular formula is C13H18N4O3. The van der Waals surface area contributed by atoms with Gasteiger partial charge < -0.3 is 14.8 Å². The van der Waals surface area contributed by atoms with Crippen molar-refractivity contribution in [1.82, 2.24) is 5.32 Å². The van der Waals surface area contributed by atoms with Crippen molar-refractivity contribution in [2.24, 2.45) is 5.11 Å². The van der Waals surface area contributed by atoms with E-state index in [0.717, 1.165) is 12.8 Å². The van der Waals surface area contributed by atoms with Crippen LogP contribution < -0.4 is 14.8 Å². The van der Waals surface area contributed by atoms with Gasteiger partial charge in [-0.3, -0.25) is 4.79 Å². The first-order chi connectivity index (χ1) is 9.71. The molecule has 1 aromatic rings. The first-order valence-electron chi connectivity index (χ1n) is 6.23. The molecule has 0 aliphatic heterocycles. The van der Waals surface area contributed by atoms with E-state index in [1.165, 1.54) is 14.2 Å². The number of rotatable bonds is 8. The Morgan fingerprint density at radius 2 is 1.90 bits per heavy atom. The lowest BCUT2D eigenvalue weighted by Gasteiger charge is -2.09. The molecule has 20 heavy (non-hydrogen) atoms. The van der Waals surface area contributed by atoms with E-state index in [-0.39, 0.29) is 5.91 Å². The van der Waals surface area contributed by atoms with Crippen LogP contribution >= 0.6 is 0 Å². The Morgan fingerprint density at radius 1 is 1.25 bits per heavy atom. The number of benzene rings is 1. The molecule has 108 valence electrons. The van der Waals surface area contributed by atoms with E-state index in [0.29, 0.717) is 30.2 Å². The second-order valence-corrected chi connectivity index (χ2v) is 4.02. The van der Waals surface area contributed by atoms with Gasteiger partial charge in [0, 0.05) is 29.6 Å². The molecule has 0 heterocycles. The Morgan fingerprint density at radius 3 is 2.45 bits per heavy atom. The van der Waals surface area contributed by atoms with E-state index in [1.807, 2.05) is 0 Å². The molecule has 0 atom stereocenters. The minimum absolute atomic E-state index is 0.189. The standard InChI is InChI=1S/C13H18N4O3/c1-19-11-7-10(8-12(9-11)20-2)13(18)15-5-3-4-6-16-17-14/h7-9H,3-6H2,1-2H3,(H,15,18). The summed E-state index contributed by atoms with van der Waals surface area (Å²) in [4.78, 5) is 14.6. The van der Waals surface area contributed by atoms with Crippen LogP contribution in [0.1, 0.15) is 23.2 Å². The minimum atomic E-state index is -0.189.